The lowest BCUT2D eigenvalue weighted by atomic mass is 10.0. The number of hydrogen-bond acceptors (Lipinski definition) is 3. The van der Waals surface area contributed by atoms with Gasteiger partial charge < -0.3 is 10.2 Å². The fourth-order valence-corrected chi connectivity index (χ4v) is 2.85. The van der Waals surface area contributed by atoms with Crippen LogP contribution in [0.5, 0.6) is 0 Å². The number of carbonyl (C=O) groups is 1. The van der Waals surface area contributed by atoms with Crippen LogP contribution in [-0.2, 0) is 0 Å². The van der Waals surface area contributed by atoms with Crippen LogP contribution in [0.25, 0.3) is 0 Å². The molecule has 2 rings (SSSR count). The fraction of sp³-hybridized carbons (Fsp3) is 0.625. The predicted octanol–water partition coefficient (Wildman–Crippen LogP) is 3.16. The number of rotatable bonds is 5. The lowest BCUT2D eigenvalue weighted by Crippen LogP contribution is -2.38. The SMILES string of the molecule is CCCNc1ncccc1C(=O)N1CCCC1C(C)C. The molecule has 4 nitrogen and oxygen atoms in total. The third kappa shape index (κ3) is 3.11. The molecule has 1 fully saturated rings. The number of hydrogen-bond donors (Lipinski definition) is 1. The Kier molecular flexibility index (Phi) is 4.99. The molecule has 0 aromatic carbocycles. The summed E-state index contributed by atoms with van der Waals surface area (Å²) in [6.45, 7) is 8.19. The van der Waals surface area contributed by atoms with E-state index in [4.69, 9.17) is 0 Å². The van der Waals surface area contributed by atoms with E-state index in [0.717, 1.165) is 32.4 Å². The Hall–Kier alpha value is -1.58. The Labute approximate surface area is 121 Å². The van der Waals surface area contributed by atoms with Crippen molar-refractivity contribution in [2.75, 3.05) is 18.4 Å². The van der Waals surface area contributed by atoms with Crippen LogP contribution in [0.1, 0.15) is 50.4 Å². The highest BCUT2D eigenvalue weighted by Crippen LogP contribution is 2.27. The molecule has 1 saturated heterocycles. The second-order valence-corrected chi connectivity index (χ2v) is 5.78. The second kappa shape index (κ2) is 6.73. The zero-order valence-electron chi connectivity index (χ0n) is 12.7. The summed E-state index contributed by atoms with van der Waals surface area (Å²) in [4.78, 5) is 19.1. The minimum absolute atomic E-state index is 0.118. The molecular formula is C16H25N3O. The number of nitrogens with one attached hydrogen (secondary N) is 1. The number of amides is 1. The molecule has 1 aliphatic rings. The highest BCUT2D eigenvalue weighted by molar-refractivity contribution is 5.99. The van der Waals surface area contributed by atoms with Gasteiger partial charge in [0, 0.05) is 25.3 Å². The van der Waals surface area contributed by atoms with E-state index in [2.05, 4.69) is 31.1 Å². The Morgan fingerprint density at radius 3 is 3.05 bits per heavy atom. The highest BCUT2D eigenvalue weighted by atomic mass is 16.2. The van der Waals surface area contributed by atoms with Crippen LogP contribution in [0.15, 0.2) is 18.3 Å². The minimum Gasteiger partial charge on any atom is -0.369 e. The van der Waals surface area contributed by atoms with Gasteiger partial charge in [0.05, 0.1) is 5.56 Å². The molecule has 1 N–H and O–H groups in total. The van der Waals surface area contributed by atoms with Crippen LogP contribution in [0.4, 0.5) is 5.82 Å². The molecule has 20 heavy (non-hydrogen) atoms. The van der Waals surface area contributed by atoms with E-state index in [-0.39, 0.29) is 5.91 Å². The van der Waals surface area contributed by atoms with Gasteiger partial charge in [-0.05, 0) is 37.3 Å². The molecule has 0 saturated carbocycles. The number of nitrogens with zero attached hydrogens (tertiary/aromatic N) is 2. The first-order chi connectivity index (χ1) is 9.65. The summed E-state index contributed by atoms with van der Waals surface area (Å²) in [7, 11) is 0. The predicted molar refractivity (Wildman–Crippen MR) is 81.9 cm³/mol. The van der Waals surface area contributed by atoms with Crippen molar-refractivity contribution in [2.24, 2.45) is 5.92 Å². The Balaban J connectivity index is 2.20. The fourth-order valence-electron chi connectivity index (χ4n) is 2.85. The van der Waals surface area contributed by atoms with E-state index in [1.165, 1.54) is 0 Å². The summed E-state index contributed by atoms with van der Waals surface area (Å²) in [5, 5.41) is 3.25. The maximum absolute atomic E-state index is 12.8. The molecule has 1 aromatic heterocycles. The first kappa shape index (κ1) is 14.8. The van der Waals surface area contributed by atoms with Gasteiger partial charge in [0.1, 0.15) is 5.82 Å². The maximum Gasteiger partial charge on any atom is 0.257 e. The highest BCUT2D eigenvalue weighted by Gasteiger charge is 2.32. The van der Waals surface area contributed by atoms with Crippen molar-refractivity contribution in [3.8, 4) is 0 Å². The number of aromatic nitrogens is 1. The van der Waals surface area contributed by atoms with E-state index < -0.39 is 0 Å². The standard InChI is InChI=1S/C16H25N3O/c1-4-9-17-15-13(7-5-10-18-15)16(20)19-11-6-8-14(19)12(2)3/h5,7,10,12,14H,4,6,8-9,11H2,1-3H3,(H,17,18). The number of carbonyl (C=O) groups excluding carboxylic acids is 1. The molecule has 1 amide bonds. The summed E-state index contributed by atoms with van der Waals surface area (Å²) in [5.41, 5.74) is 0.702. The van der Waals surface area contributed by atoms with Crippen molar-refractivity contribution in [3.05, 3.63) is 23.9 Å². The Morgan fingerprint density at radius 2 is 2.35 bits per heavy atom. The van der Waals surface area contributed by atoms with Gasteiger partial charge in [-0.3, -0.25) is 4.79 Å². The summed E-state index contributed by atoms with van der Waals surface area (Å²) < 4.78 is 0. The van der Waals surface area contributed by atoms with Crippen molar-refractivity contribution in [2.45, 2.75) is 46.1 Å². The second-order valence-electron chi connectivity index (χ2n) is 5.78. The van der Waals surface area contributed by atoms with Crippen LogP contribution in [0, 0.1) is 5.92 Å². The molecule has 0 spiro atoms. The first-order valence-electron chi connectivity index (χ1n) is 7.65. The molecular weight excluding hydrogens is 250 g/mol. The third-order valence-corrected chi connectivity index (χ3v) is 3.91. The number of pyridine rings is 1. The van der Waals surface area contributed by atoms with E-state index in [1.807, 2.05) is 17.0 Å². The normalized spacial score (nSPS) is 18.6. The number of anilines is 1. The largest absolute Gasteiger partial charge is 0.369 e. The average molecular weight is 275 g/mol. The molecule has 0 aliphatic carbocycles. The van der Waals surface area contributed by atoms with Gasteiger partial charge in [0.25, 0.3) is 5.91 Å². The van der Waals surface area contributed by atoms with Crippen LogP contribution in [0.3, 0.4) is 0 Å². The van der Waals surface area contributed by atoms with Crippen LogP contribution >= 0.6 is 0 Å². The van der Waals surface area contributed by atoms with E-state index in [9.17, 15) is 4.79 Å². The van der Waals surface area contributed by atoms with E-state index in [1.54, 1.807) is 6.20 Å². The Bertz CT molecular complexity index is 459. The molecule has 1 unspecified atom stereocenters. The molecule has 1 atom stereocenters. The molecule has 0 bridgehead atoms. The van der Waals surface area contributed by atoms with E-state index >= 15 is 0 Å². The summed E-state index contributed by atoms with van der Waals surface area (Å²) in [6, 6.07) is 4.08. The summed E-state index contributed by atoms with van der Waals surface area (Å²) in [5.74, 6) is 1.34. The van der Waals surface area contributed by atoms with Crippen molar-refractivity contribution >= 4 is 11.7 Å². The molecule has 2 heterocycles. The Morgan fingerprint density at radius 1 is 1.55 bits per heavy atom. The molecule has 0 radical (unpaired) electrons. The van der Waals surface area contributed by atoms with Gasteiger partial charge in [0.15, 0.2) is 0 Å². The average Bonchev–Trinajstić information content (AvgIpc) is 2.94. The van der Waals surface area contributed by atoms with Gasteiger partial charge >= 0.3 is 0 Å². The molecule has 1 aliphatic heterocycles. The quantitative estimate of drug-likeness (QED) is 0.897. The van der Waals surface area contributed by atoms with Gasteiger partial charge in [-0.1, -0.05) is 20.8 Å². The first-order valence-corrected chi connectivity index (χ1v) is 7.65. The number of likely N-dealkylation sites (tertiary alicyclic amines) is 1. The van der Waals surface area contributed by atoms with Crippen molar-refractivity contribution in [1.29, 1.82) is 0 Å². The van der Waals surface area contributed by atoms with Gasteiger partial charge in [-0.25, -0.2) is 4.98 Å². The van der Waals surface area contributed by atoms with Crippen molar-refractivity contribution < 1.29 is 4.79 Å². The minimum atomic E-state index is 0.118. The lowest BCUT2D eigenvalue weighted by molar-refractivity contribution is 0.0702. The van der Waals surface area contributed by atoms with Gasteiger partial charge in [-0.15, -0.1) is 0 Å². The summed E-state index contributed by atoms with van der Waals surface area (Å²) in [6.07, 6.45) is 4.97. The zero-order chi connectivity index (χ0) is 14.5. The van der Waals surface area contributed by atoms with Gasteiger partial charge in [-0.2, -0.15) is 0 Å². The smallest absolute Gasteiger partial charge is 0.257 e. The van der Waals surface area contributed by atoms with Crippen molar-refractivity contribution in [3.63, 3.8) is 0 Å². The van der Waals surface area contributed by atoms with E-state index in [0.29, 0.717) is 23.3 Å². The van der Waals surface area contributed by atoms with Crippen LogP contribution in [0.2, 0.25) is 0 Å². The van der Waals surface area contributed by atoms with Crippen LogP contribution < -0.4 is 5.32 Å². The molecule has 4 heteroatoms. The van der Waals surface area contributed by atoms with Crippen molar-refractivity contribution in [1.82, 2.24) is 9.88 Å². The topological polar surface area (TPSA) is 45.2 Å². The molecule has 110 valence electrons. The molecule has 1 aromatic rings. The lowest BCUT2D eigenvalue weighted by Gasteiger charge is -2.28. The maximum atomic E-state index is 12.8. The third-order valence-electron chi connectivity index (χ3n) is 3.91. The zero-order valence-corrected chi connectivity index (χ0v) is 12.7. The summed E-state index contributed by atoms with van der Waals surface area (Å²) >= 11 is 0. The monoisotopic (exact) mass is 275 g/mol. The van der Waals surface area contributed by atoms with Gasteiger partial charge in [0.2, 0.25) is 0 Å². The van der Waals surface area contributed by atoms with Crippen LogP contribution in [-0.4, -0.2) is 34.9 Å².